The van der Waals surface area contributed by atoms with Crippen molar-refractivity contribution >= 4 is 5.69 Å². The fraction of sp³-hybridized carbons (Fsp3) is 0.500. The van der Waals surface area contributed by atoms with Gasteiger partial charge in [0.2, 0.25) is 0 Å². The first-order valence-electron chi connectivity index (χ1n) is 7.89. The Morgan fingerprint density at radius 3 is 3.27 bits per heavy atom. The molecule has 4 rings (SSSR count). The minimum atomic E-state index is 0.181. The number of benzene rings is 1. The van der Waals surface area contributed by atoms with E-state index in [1.807, 2.05) is 4.68 Å². The van der Waals surface area contributed by atoms with E-state index >= 15 is 0 Å². The molecule has 1 aromatic carbocycles. The summed E-state index contributed by atoms with van der Waals surface area (Å²) >= 11 is 0. The molecule has 2 aromatic rings. The lowest BCUT2D eigenvalue weighted by molar-refractivity contribution is -0.0402. The molecule has 0 amide bonds. The number of hydrogen-bond donors (Lipinski definition) is 1. The van der Waals surface area contributed by atoms with Gasteiger partial charge in [0.05, 0.1) is 19.3 Å². The van der Waals surface area contributed by atoms with Gasteiger partial charge in [0, 0.05) is 31.9 Å². The van der Waals surface area contributed by atoms with Crippen LogP contribution in [0.2, 0.25) is 0 Å². The molecule has 116 valence electrons. The molecule has 1 atom stereocenters. The topological polar surface area (TPSA) is 55.2 Å². The number of fused-ring (bicyclic) bond motifs is 1. The van der Waals surface area contributed by atoms with E-state index in [-0.39, 0.29) is 6.10 Å². The summed E-state index contributed by atoms with van der Waals surface area (Å²) in [5.41, 5.74) is 4.20. The number of morpholine rings is 1. The number of hydrogen-bond acceptors (Lipinski definition) is 5. The molecule has 0 saturated carbocycles. The first kappa shape index (κ1) is 13.7. The van der Waals surface area contributed by atoms with E-state index in [1.54, 1.807) is 12.7 Å². The molecule has 2 aliphatic heterocycles. The predicted molar refractivity (Wildman–Crippen MR) is 83.7 cm³/mol. The smallest absolute Gasteiger partial charge is 0.137 e. The van der Waals surface area contributed by atoms with Crippen molar-refractivity contribution in [2.45, 2.75) is 25.6 Å². The number of nitrogens with zero attached hydrogens (tertiary/aromatic N) is 4. The van der Waals surface area contributed by atoms with E-state index < -0.39 is 0 Å². The van der Waals surface area contributed by atoms with Crippen molar-refractivity contribution in [2.75, 3.05) is 31.6 Å². The van der Waals surface area contributed by atoms with Gasteiger partial charge < -0.3 is 10.1 Å². The Kier molecular flexibility index (Phi) is 3.78. The first-order valence-corrected chi connectivity index (χ1v) is 7.89. The van der Waals surface area contributed by atoms with Crippen molar-refractivity contribution < 1.29 is 4.74 Å². The SMILES string of the molecule is c1cc2c(c(CN3CCOC(Cn4cncn4)C3)c1)NCC2. The second kappa shape index (κ2) is 6.06. The fourth-order valence-electron chi connectivity index (χ4n) is 3.35. The van der Waals surface area contributed by atoms with E-state index in [1.165, 1.54) is 16.8 Å². The quantitative estimate of drug-likeness (QED) is 0.918. The average molecular weight is 299 g/mol. The third-order valence-electron chi connectivity index (χ3n) is 4.41. The average Bonchev–Trinajstić information content (AvgIpc) is 3.19. The van der Waals surface area contributed by atoms with Gasteiger partial charge in [-0.15, -0.1) is 0 Å². The van der Waals surface area contributed by atoms with Gasteiger partial charge in [0.1, 0.15) is 12.7 Å². The third kappa shape index (κ3) is 2.84. The van der Waals surface area contributed by atoms with Gasteiger partial charge in [-0.2, -0.15) is 5.10 Å². The molecule has 1 fully saturated rings. The lowest BCUT2D eigenvalue weighted by Crippen LogP contribution is -2.43. The first-order chi connectivity index (χ1) is 10.9. The van der Waals surface area contributed by atoms with Gasteiger partial charge in [-0.1, -0.05) is 18.2 Å². The van der Waals surface area contributed by atoms with Crippen LogP contribution < -0.4 is 5.32 Å². The highest BCUT2D eigenvalue weighted by Gasteiger charge is 2.23. The molecule has 0 radical (unpaired) electrons. The van der Waals surface area contributed by atoms with Crippen LogP contribution in [0.3, 0.4) is 0 Å². The van der Waals surface area contributed by atoms with Gasteiger partial charge in [0.15, 0.2) is 0 Å². The minimum Gasteiger partial charge on any atom is -0.384 e. The number of anilines is 1. The second-order valence-corrected chi connectivity index (χ2v) is 5.97. The molecule has 6 heteroatoms. The van der Waals surface area contributed by atoms with Crippen molar-refractivity contribution in [3.05, 3.63) is 42.0 Å². The summed E-state index contributed by atoms with van der Waals surface area (Å²) in [5.74, 6) is 0. The molecule has 22 heavy (non-hydrogen) atoms. The number of para-hydroxylation sites is 1. The number of ether oxygens (including phenoxy) is 1. The monoisotopic (exact) mass is 299 g/mol. The minimum absolute atomic E-state index is 0.181. The summed E-state index contributed by atoms with van der Waals surface area (Å²) in [6, 6.07) is 6.64. The van der Waals surface area contributed by atoms with E-state index in [2.05, 4.69) is 38.5 Å². The standard InChI is InChI=1S/C16H21N5O/c1-2-13-4-5-18-16(13)14(3-1)8-20-6-7-22-15(9-20)10-21-12-17-11-19-21/h1-3,11-12,15,18H,4-10H2. The predicted octanol–water partition coefficient (Wildman–Crippen LogP) is 1.15. The van der Waals surface area contributed by atoms with Crippen LogP contribution >= 0.6 is 0 Å². The van der Waals surface area contributed by atoms with Crippen molar-refractivity contribution in [3.63, 3.8) is 0 Å². The Hall–Kier alpha value is -1.92. The van der Waals surface area contributed by atoms with E-state index in [9.17, 15) is 0 Å². The molecule has 0 aliphatic carbocycles. The Labute approximate surface area is 130 Å². The Morgan fingerprint density at radius 1 is 1.36 bits per heavy atom. The largest absolute Gasteiger partial charge is 0.384 e. The van der Waals surface area contributed by atoms with E-state index in [0.29, 0.717) is 0 Å². The summed E-state index contributed by atoms with van der Waals surface area (Å²) in [6.07, 6.45) is 4.64. The lowest BCUT2D eigenvalue weighted by Gasteiger charge is -2.33. The molecule has 1 aromatic heterocycles. The van der Waals surface area contributed by atoms with E-state index in [4.69, 9.17) is 4.74 Å². The van der Waals surface area contributed by atoms with E-state index in [0.717, 1.165) is 45.8 Å². The zero-order chi connectivity index (χ0) is 14.8. The van der Waals surface area contributed by atoms with Crippen LogP contribution in [0.15, 0.2) is 30.9 Å². The zero-order valence-corrected chi connectivity index (χ0v) is 12.6. The zero-order valence-electron chi connectivity index (χ0n) is 12.6. The molecular weight excluding hydrogens is 278 g/mol. The Balaban J connectivity index is 1.42. The molecular formula is C16H21N5O. The summed E-state index contributed by atoms with van der Waals surface area (Å²) in [4.78, 5) is 6.46. The maximum absolute atomic E-state index is 5.87. The van der Waals surface area contributed by atoms with Gasteiger partial charge in [-0.05, 0) is 17.5 Å². The van der Waals surface area contributed by atoms with Crippen LogP contribution in [0.25, 0.3) is 0 Å². The maximum atomic E-state index is 5.87. The molecule has 1 unspecified atom stereocenters. The highest BCUT2D eigenvalue weighted by atomic mass is 16.5. The van der Waals surface area contributed by atoms with Crippen molar-refractivity contribution in [1.29, 1.82) is 0 Å². The highest BCUT2D eigenvalue weighted by Crippen LogP contribution is 2.27. The Bertz CT molecular complexity index is 627. The van der Waals surface area contributed by atoms with Crippen LogP contribution in [0, 0.1) is 0 Å². The maximum Gasteiger partial charge on any atom is 0.137 e. The van der Waals surface area contributed by atoms with Gasteiger partial charge in [-0.3, -0.25) is 9.58 Å². The summed E-state index contributed by atoms with van der Waals surface area (Å²) in [7, 11) is 0. The normalized spacial score (nSPS) is 21.5. The fourth-order valence-corrected chi connectivity index (χ4v) is 3.35. The van der Waals surface area contributed by atoms with Crippen molar-refractivity contribution in [2.24, 2.45) is 0 Å². The molecule has 1 N–H and O–H groups in total. The highest BCUT2D eigenvalue weighted by molar-refractivity contribution is 5.61. The number of aromatic nitrogens is 3. The van der Waals surface area contributed by atoms with Crippen LogP contribution in [0.5, 0.6) is 0 Å². The summed E-state index contributed by atoms with van der Waals surface area (Å²) in [6.45, 7) is 5.50. The summed E-state index contributed by atoms with van der Waals surface area (Å²) < 4.78 is 7.71. The lowest BCUT2D eigenvalue weighted by atomic mass is 10.1. The third-order valence-corrected chi connectivity index (χ3v) is 4.41. The van der Waals surface area contributed by atoms with Crippen molar-refractivity contribution in [1.82, 2.24) is 19.7 Å². The number of rotatable bonds is 4. The molecule has 1 saturated heterocycles. The van der Waals surface area contributed by atoms with Crippen molar-refractivity contribution in [3.8, 4) is 0 Å². The molecule has 3 heterocycles. The summed E-state index contributed by atoms with van der Waals surface area (Å²) in [5, 5.41) is 7.69. The van der Waals surface area contributed by atoms with Crippen LogP contribution in [0.4, 0.5) is 5.69 Å². The number of nitrogens with one attached hydrogen (secondary N) is 1. The molecule has 2 aliphatic rings. The Morgan fingerprint density at radius 2 is 2.36 bits per heavy atom. The van der Waals surface area contributed by atoms with Gasteiger partial charge >= 0.3 is 0 Å². The van der Waals surface area contributed by atoms with Gasteiger partial charge in [0.25, 0.3) is 0 Å². The second-order valence-electron chi connectivity index (χ2n) is 5.97. The molecule has 0 spiro atoms. The van der Waals surface area contributed by atoms with Crippen LogP contribution in [0.1, 0.15) is 11.1 Å². The van der Waals surface area contributed by atoms with Gasteiger partial charge in [-0.25, -0.2) is 4.98 Å². The van der Waals surface area contributed by atoms with Crippen LogP contribution in [-0.4, -0.2) is 52.0 Å². The molecule has 6 nitrogen and oxygen atoms in total. The molecule has 0 bridgehead atoms. The van der Waals surface area contributed by atoms with Crippen LogP contribution in [-0.2, 0) is 24.2 Å².